The van der Waals surface area contributed by atoms with Crippen LogP contribution < -0.4 is 0 Å². The van der Waals surface area contributed by atoms with Crippen LogP contribution in [-0.2, 0) is 28.6 Å². The Morgan fingerprint density at radius 3 is 1.00 bits per heavy atom. The fourth-order valence-electron chi connectivity index (χ4n) is 6.59. The van der Waals surface area contributed by atoms with Crippen LogP contribution in [0, 0.1) is 0 Å². The molecular formula is C48H88O6. The number of esters is 3. The van der Waals surface area contributed by atoms with Crippen molar-refractivity contribution in [2.45, 2.75) is 252 Å². The highest BCUT2D eigenvalue weighted by Gasteiger charge is 2.19. The van der Waals surface area contributed by atoms with Crippen molar-refractivity contribution in [2.24, 2.45) is 0 Å². The Kier molecular flexibility index (Phi) is 41.9. The summed E-state index contributed by atoms with van der Waals surface area (Å²) in [6, 6.07) is 0. The molecule has 1 atom stereocenters. The minimum atomic E-state index is -0.774. The van der Waals surface area contributed by atoms with E-state index in [-0.39, 0.29) is 31.1 Å². The fourth-order valence-corrected chi connectivity index (χ4v) is 6.59. The van der Waals surface area contributed by atoms with E-state index in [2.05, 4.69) is 45.1 Å². The molecular weight excluding hydrogens is 673 g/mol. The van der Waals surface area contributed by atoms with Gasteiger partial charge in [-0.2, -0.15) is 0 Å². The van der Waals surface area contributed by atoms with E-state index in [1.54, 1.807) is 0 Å². The van der Waals surface area contributed by atoms with Crippen molar-refractivity contribution in [1.29, 1.82) is 0 Å². The molecule has 0 saturated carbocycles. The maximum atomic E-state index is 12.7. The van der Waals surface area contributed by atoms with E-state index in [1.165, 1.54) is 116 Å². The lowest BCUT2D eigenvalue weighted by Crippen LogP contribution is -2.30. The Hall–Kier alpha value is -2.11. The standard InChI is InChI=1S/C48H88O6/c1-4-7-10-13-16-19-22-24-26-29-32-35-38-41-47(50)53-44-45(43-52-46(49)40-37-34-31-28-21-18-15-12-9-6-3)54-48(51)42-39-36-33-30-27-25-23-20-17-14-11-8-5-2/h15,18,24,26,45H,4-14,16-17,19-23,25,27-44H2,1-3H3/b18-15-,26-24-. The highest BCUT2D eigenvalue weighted by Crippen LogP contribution is 2.15. The first-order valence-corrected chi connectivity index (χ1v) is 23.3. The van der Waals surface area contributed by atoms with Crippen LogP contribution in [0.15, 0.2) is 24.3 Å². The van der Waals surface area contributed by atoms with Crippen LogP contribution in [0.1, 0.15) is 245 Å². The van der Waals surface area contributed by atoms with Crippen molar-refractivity contribution in [3.8, 4) is 0 Å². The van der Waals surface area contributed by atoms with E-state index in [9.17, 15) is 14.4 Å². The van der Waals surface area contributed by atoms with Crippen LogP contribution in [-0.4, -0.2) is 37.2 Å². The maximum absolute atomic E-state index is 12.7. The largest absolute Gasteiger partial charge is 0.462 e. The minimum absolute atomic E-state index is 0.0793. The molecule has 0 aliphatic rings. The first kappa shape index (κ1) is 51.9. The van der Waals surface area contributed by atoms with Gasteiger partial charge in [-0.25, -0.2) is 0 Å². The summed E-state index contributed by atoms with van der Waals surface area (Å²) >= 11 is 0. The summed E-state index contributed by atoms with van der Waals surface area (Å²) < 4.78 is 16.7. The Balaban J connectivity index is 4.37. The van der Waals surface area contributed by atoms with Crippen LogP contribution in [0.2, 0.25) is 0 Å². The van der Waals surface area contributed by atoms with Crippen molar-refractivity contribution in [2.75, 3.05) is 13.2 Å². The molecule has 0 N–H and O–H groups in total. The van der Waals surface area contributed by atoms with E-state index in [4.69, 9.17) is 14.2 Å². The number of carbonyl (C=O) groups is 3. The Morgan fingerprint density at radius 2 is 0.630 bits per heavy atom. The molecule has 0 heterocycles. The summed E-state index contributed by atoms with van der Waals surface area (Å²) in [7, 11) is 0. The van der Waals surface area contributed by atoms with E-state index >= 15 is 0 Å². The molecule has 0 radical (unpaired) electrons. The van der Waals surface area contributed by atoms with Gasteiger partial charge >= 0.3 is 17.9 Å². The van der Waals surface area contributed by atoms with Crippen LogP contribution in [0.3, 0.4) is 0 Å². The molecule has 0 saturated heterocycles. The molecule has 0 aromatic rings. The number of carbonyl (C=O) groups excluding carboxylic acids is 3. The van der Waals surface area contributed by atoms with Crippen LogP contribution >= 0.6 is 0 Å². The van der Waals surface area contributed by atoms with Gasteiger partial charge in [0.1, 0.15) is 13.2 Å². The Bertz CT molecular complexity index is 880. The van der Waals surface area contributed by atoms with Gasteiger partial charge in [0.15, 0.2) is 6.10 Å². The van der Waals surface area contributed by atoms with E-state index in [1.807, 2.05) is 0 Å². The quantitative estimate of drug-likeness (QED) is 0.0267. The summed E-state index contributed by atoms with van der Waals surface area (Å²) in [6.45, 7) is 6.57. The summed E-state index contributed by atoms with van der Waals surface area (Å²) in [5.74, 6) is -0.902. The number of ether oxygens (including phenoxy) is 3. The zero-order valence-electron chi connectivity index (χ0n) is 36.0. The number of rotatable bonds is 42. The molecule has 0 aliphatic heterocycles. The van der Waals surface area contributed by atoms with Gasteiger partial charge in [-0.3, -0.25) is 14.4 Å². The van der Waals surface area contributed by atoms with Crippen LogP contribution in [0.25, 0.3) is 0 Å². The predicted molar refractivity (Wildman–Crippen MR) is 229 cm³/mol. The Labute approximate surface area is 334 Å². The zero-order valence-corrected chi connectivity index (χ0v) is 36.0. The van der Waals surface area contributed by atoms with Gasteiger partial charge in [0.05, 0.1) is 0 Å². The normalized spacial score (nSPS) is 12.1. The van der Waals surface area contributed by atoms with Crippen LogP contribution in [0.5, 0.6) is 0 Å². The van der Waals surface area contributed by atoms with Gasteiger partial charge in [0.25, 0.3) is 0 Å². The molecule has 0 aliphatic carbocycles. The fraction of sp³-hybridized carbons (Fsp3) is 0.854. The molecule has 54 heavy (non-hydrogen) atoms. The third kappa shape index (κ3) is 41.1. The average molecular weight is 761 g/mol. The second kappa shape index (κ2) is 43.6. The third-order valence-corrected chi connectivity index (χ3v) is 10.2. The number of hydrogen-bond donors (Lipinski definition) is 0. The predicted octanol–water partition coefficient (Wildman–Crippen LogP) is 14.8. The molecule has 316 valence electrons. The first-order valence-electron chi connectivity index (χ1n) is 23.3. The topological polar surface area (TPSA) is 78.9 Å². The molecule has 0 aromatic carbocycles. The van der Waals surface area contributed by atoms with E-state index in [0.717, 1.165) is 89.9 Å². The first-order chi connectivity index (χ1) is 26.5. The van der Waals surface area contributed by atoms with Gasteiger partial charge in [-0.1, -0.05) is 186 Å². The summed E-state index contributed by atoms with van der Waals surface area (Å²) in [5.41, 5.74) is 0. The lowest BCUT2D eigenvalue weighted by molar-refractivity contribution is -0.167. The smallest absolute Gasteiger partial charge is 0.306 e. The van der Waals surface area contributed by atoms with Crippen molar-refractivity contribution in [3.05, 3.63) is 24.3 Å². The maximum Gasteiger partial charge on any atom is 0.306 e. The molecule has 1 unspecified atom stereocenters. The SMILES string of the molecule is CCCC/C=C\CCCCCCC(=O)OCC(COC(=O)CCCCC/C=C\CCCCCCCC)OC(=O)CCCCCCCCCCCCCCC. The van der Waals surface area contributed by atoms with E-state index < -0.39 is 6.10 Å². The average Bonchev–Trinajstić information content (AvgIpc) is 3.17. The second-order valence-electron chi connectivity index (χ2n) is 15.7. The van der Waals surface area contributed by atoms with Gasteiger partial charge in [0, 0.05) is 19.3 Å². The lowest BCUT2D eigenvalue weighted by Gasteiger charge is -2.18. The van der Waals surface area contributed by atoms with Crippen LogP contribution in [0.4, 0.5) is 0 Å². The van der Waals surface area contributed by atoms with Crippen molar-refractivity contribution >= 4 is 17.9 Å². The second-order valence-corrected chi connectivity index (χ2v) is 15.7. The molecule has 6 nitrogen and oxygen atoms in total. The van der Waals surface area contributed by atoms with Gasteiger partial charge in [-0.05, 0) is 64.2 Å². The van der Waals surface area contributed by atoms with E-state index in [0.29, 0.717) is 19.3 Å². The highest BCUT2D eigenvalue weighted by molar-refractivity contribution is 5.71. The number of unbranched alkanes of at least 4 members (excludes halogenated alkanes) is 27. The zero-order chi connectivity index (χ0) is 39.4. The minimum Gasteiger partial charge on any atom is -0.462 e. The number of allylic oxidation sites excluding steroid dienone is 4. The van der Waals surface area contributed by atoms with Gasteiger partial charge in [0.2, 0.25) is 0 Å². The van der Waals surface area contributed by atoms with Gasteiger partial charge in [-0.15, -0.1) is 0 Å². The molecule has 0 amide bonds. The van der Waals surface area contributed by atoms with Crippen molar-refractivity contribution < 1.29 is 28.6 Å². The summed E-state index contributed by atoms with van der Waals surface area (Å²) in [6.07, 6.45) is 47.3. The summed E-state index contributed by atoms with van der Waals surface area (Å²) in [4.78, 5) is 37.7. The molecule has 0 fully saturated rings. The molecule has 0 spiro atoms. The van der Waals surface area contributed by atoms with Crippen molar-refractivity contribution in [3.63, 3.8) is 0 Å². The van der Waals surface area contributed by atoms with Crippen molar-refractivity contribution in [1.82, 2.24) is 0 Å². The Morgan fingerprint density at radius 1 is 0.352 bits per heavy atom. The molecule has 0 aromatic heterocycles. The van der Waals surface area contributed by atoms with Gasteiger partial charge < -0.3 is 14.2 Å². The molecule has 0 rings (SSSR count). The third-order valence-electron chi connectivity index (χ3n) is 10.2. The highest BCUT2D eigenvalue weighted by atomic mass is 16.6. The molecule has 0 bridgehead atoms. The number of hydrogen-bond acceptors (Lipinski definition) is 6. The molecule has 6 heteroatoms. The lowest BCUT2D eigenvalue weighted by atomic mass is 10.0. The summed E-state index contributed by atoms with van der Waals surface area (Å²) in [5, 5.41) is 0. The monoisotopic (exact) mass is 761 g/mol.